The van der Waals surface area contributed by atoms with E-state index in [1.807, 2.05) is 60.7 Å². The van der Waals surface area contributed by atoms with E-state index in [2.05, 4.69) is 125 Å². The van der Waals surface area contributed by atoms with E-state index in [9.17, 15) is 0 Å². The molecule has 2 heterocycles. The summed E-state index contributed by atoms with van der Waals surface area (Å²) in [5, 5.41) is 3.30. The first-order chi connectivity index (χ1) is 30.8. The van der Waals surface area contributed by atoms with Crippen molar-refractivity contribution in [3.63, 3.8) is 0 Å². The molecule has 0 unspecified atom stereocenters. The fourth-order valence-corrected chi connectivity index (χ4v) is 9.54. The zero-order valence-corrected chi connectivity index (χ0v) is 33.4. The normalized spacial score (nSPS) is 14.2. The molecule has 0 saturated carbocycles. The van der Waals surface area contributed by atoms with Gasteiger partial charge in [-0.2, -0.15) is 0 Å². The Bertz CT molecular complexity index is 3190. The Morgan fingerprint density at radius 3 is 1.25 bits per heavy atom. The molecule has 0 radical (unpaired) electrons. The maximum absolute atomic E-state index is 9.04. The number of benzene rings is 9. The summed E-state index contributed by atoms with van der Waals surface area (Å²) in [5.74, 6) is 3.02. The van der Waals surface area contributed by atoms with Crippen molar-refractivity contribution in [1.82, 2.24) is 0 Å². The van der Waals surface area contributed by atoms with Gasteiger partial charge in [0.2, 0.25) is 0 Å². The minimum atomic E-state index is -0.417. The zero-order valence-electron chi connectivity index (χ0n) is 38.4. The highest BCUT2D eigenvalue weighted by Crippen LogP contribution is 2.47. The predicted molar refractivity (Wildman–Crippen MR) is 247 cm³/mol. The fraction of sp³-hybridized carbons (Fsp3) is 0.107. The number of fused-ring (bicyclic) bond motifs is 6. The maximum Gasteiger partial charge on any atom is 0.260 e. The molecule has 282 valence electrons. The van der Waals surface area contributed by atoms with Crippen LogP contribution in [0.15, 0.2) is 188 Å². The first-order valence-corrected chi connectivity index (χ1v) is 20.3. The van der Waals surface area contributed by atoms with E-state index >= 15 is 0 Å². The highest BCUT2D eigenvalue weighted by Gasteiger charge is 2.42. The smallest absolute Gasteiger partial charge is 0.260 e. The molecule has 9 aromatic rings. The van der Waals surface area contributed by atoms with Crippen molar-refractivity contribution in [2.45, 2.75) is 38.5 Å². The van der Waals surface area contributed by atoms with Crippen LogP contribution in [-0.2, 0) is 10.8 Å². The van der Waals surface area contributed by atoms with Gasteiger partial charge in [0.15, 0.2) is 0 Å². The molecule has 2 aliphatic rings. The summed E-state index contributed by atoms with van der Waals surface area (Å²) in [6.07, 6.45) is 0. The van der Waals surface area contributed by atoms with Crippen molar-refractivity contribution in [2.24, 2.45) is 0 Å². The fourth-order valence-electron chi connectivity index (χ4n) is 9.54. The zero-order chi connectivity index (χ0) is 44.2. The van der Waals surface area contributed by atoms with Crippen LogP contribution in [0.1, 0.15) is 56.8 Å². The third kappa shape index (κ3) is 5.56. The lowest BCUT2D eigenvalue weighted by molar-refractivity contribution is 0.462. The van der Waals surface area contributed by atoms with E-state index in [-0.39, 0.29) is 47.3 Å². The molecular formula is C56H43BO2. The Morgan fingerprint density at radius 1 is 0.407 bits per heavy atom. The van der Waals surface area contributed by atoms with Crippen molar-refractivity contribution >= 4 is 44.6 Å². The standard InChI is InChI=1S/C56H43BO2/c1-55(2,38-20-10-6-11-21-38)40-28-30-46-48(34-40)58-50-32-37(53-44-26-16-14-24-42(44)52(36-18-8-5-9-19-36)43-25-15-17-27-45(43)53)33-51-54(50)57(46)47-31-29-41(35-49(47)59-51)56(3,4)39-22-12-7-13-23-39/h5-35H,1-4H3/i5D,8D,9D,18D,19D. The van der Waals surface area contributed by atoms with Crippen molar-refractivity contribution in [3.05, 3.63) is 210 Å². The molecule has 0 atom stereocenters. The van der Waals surface area contributed by atoms with Crippen LogP contribution < -0.4 is 25.9 Å². The summed E-state index contributed by atoms with van der Waals surface area (Å²) in [6.45, 7) is 8.85. The van der Waals surface area contributed by atoms with Crippen LogP contribution in [0.5, 0.6) is 23.0 Å². The molecule has 0 bridgehead atoms. The van der Waals surface area contributed by atoms with Gasteiger partial charge in [-0.15, -0.1) is 0 Å². The van der Waals surface area contributed by atoms with Crippen LogP contribution in [0.4, 0.5) is 0 Å². The van der Waals surface area contributed by atoms with Gasteiger partial charge in [-0.3, -0.25) is 0 Å². The summed E-state index contributed by atoms with van der Waals surface area (Å²) in [5.41, 5.74) is 9.84. The van der Waals surface area contributed by atoms with Gasteiger partial charge >= 0.3 is 0 Å². The first-order valence-electron chi connectivity index (χ1n) is 22.8. The van der Waals surface area contributed by atoms with Crippen LogP contribution in [0.2, 0.25) is 0 Å². The monoisotopic (exact) mass is 763 g/mol. The lowest BCUT2D eigenvalue weighted by Gasteiger charge is -2.36. The maximum atomic E-state index is 9.04. The van der Waals surface area contributed by atoms with Gasteiger partial charge < -0.3 is 9.47 Å². The van der Waals surface area contributed by atoms with Crippen LogP contribution in [0, 0.1) is 0 Å². The second-order valence-electron chi connectivity index (χ2n) is 16.9. The van der Waals surface area contributed by atoms with Gasteiger partial charge in [0.25, 0.3) is 6.71 Å². The number of hydrogen-bond donors (Lipinski definition) is 0. The molecule has 3 heteroatoms. The van der Waals surface area contributed by atoms with Gasteiger partial charge in [-0.1, -0.05) is 191 Å². The summed E-state index contributed by atoms with van der Waals surface area (Å²) >= 11 is 0. The Labute approximate surface area is 353 Å². The topological polar surface area (TPSA) is 18.5 Å². The van der Waals surface area contributed by atoms with E-state index < -0.39 is 6.04 Å². The Kier molecular flexibility index (Phi) is 6.86. The lowest BCUT2D eigenvalue weighted by Crippen LogP contribution is -2.57. The van der Waals surface area contributed by atoms with Gasteiger partial charge in [0.05, 0.1) is 6.85 Å². The molecular weight excluding hydrogens is 715 g/mol. The highest BCUT2D eigenvalue weighted by molar-refractivity contribution is 6.98. The quantitative estimate of drug-likeness (QED) is 0.124. The van der Waals surface area contributed by atoms with Crippen molar-refractivity contribution in [2.75, 3.05) is 0 Å². The predicted octanol–water partition coefficient (Wildman–Crippen LogP) is 12.7. The second kappa shape index (κ2) is 13.4. The highest BCUT2D eigenvalue weighted by atomic mass is 16.5. The first kappa shape index (κ1) is 30.3. The molecule has 0 aromatic heterocycles. The van der Waals surface area contributed by atoms with Crippen molar-refractivity contribution in [3.8, 4) is 45.3 Å². The van der Waals surface area contributed by atoms with E-state index in [0.29, 0.717) is 17.1 Å². The van der Waals surface area contributed by atoms with Crippen LogP contribution in [0.25, 0.3) is 43.8 Å². The second-order valence-corrected chi connectivity index (χ2v) is 16.9. The molecule has 0 amide bonds. The largest absolute Gasteiger partial charge is 0.458 e. The number of ether oxygens (including phenoxy) is 2. The summed E-state index contributed by atoms with van der Waals surface area (Å²) in [7, 11) is 0. The minimum absolute atomic E-state index is 0.158. The van der Waals surface area contributed by atoms with Gasteiger partial charge in [0, 0.05) is 16.3 Å². The third-order valence-corrected chi connectivity index (χ3v) is 12.9. The average molecular weight is 764 g/mol. The van der Waals surface area contributed by atoms with Crippen LogP contribution in [-0.4, -0.2) is 6.71 Å². The molecule has 11 rings (SSSR count). The van der Waals surface area contributed by atoms with Crippen LogP contribution in [0.3, 0.4) is 0 Å². The van der Waals surface area contributed by atoms with Gasteiger partial charge in [-0.05, 0) is 101 Å². The Balaban J connectivity index is 1.16. The average Bonchev–Trinajstić information content (AvgIpc) is 3.32. The number of hydrogen-bond acceptors (Lipinski definition) is 2. The third-order valence-electron chi connectivity index (χ3n) is 12.9. The van der Waals surface area contributed by atoms with Crippen molar-refractivity contribution < 1.29 is 16.3 Å². The Morgan fingerprint density at radius 2 is 0.814 bits per heavy atom. The molecule has 0 fully saturated rings. The molecule has 0 saturated heterocycles. The summed E-state index contributed by atoms with van der Waals surface area (Å²) < 4.78 is 57.8. The van der Waals surface area contributed by atoms with E-state index in [1.165, 1.54) is 11.1 Å². The van der Waals surface area contributed by atoms with E-state index in [0.717, 1.165) is 71.7 Å². The van der Waals surface area contributed by atoms with E-state index in [1.54, 1.807) is 0 Å². The SMILES string of the molecule is [2H]c1c([2H])c([2H])c(-c2c3ccccc3c(-c3cc4c5c(c3)Oc3cc(C(C)(C)c6ccccc6)ccc3B5c3ccc(C(C)(C)c5ccccc5)cc3O4)c3ccccc23)c([2H])c1[2H]. The van der Waals surface area contributed by atoms with Gasteiger partial charge in [-0.25, -0.2) is 0 Å². The minimum Gasteiger partial charge on any atom is -0.458 e. The molecule has 0 aliphatic carbocycles. The molecule has 2 nitrogen and oxygen atoms in total. The number of rotatable bonds is 6. The Hall–Kier alpha value is -6.84. The van der Waals surface area contributed by atoms with Crippen LogP contribution >= 0.6 is 0 Å². The van der Waals surface area contributed by atoms with Gasteiger partial charge in [0.1, 0.15) is 23.0 Å². The summed E-state index contributed by atoms with van der Waals surface area (Å²) in [6, 6.07) is 53.0. The van der Waals surface area contributed by atoms with Crippen molar-refractivity contribution in [1.29, 1.82) is 0 Å². The summed E-state index contributed by atoms with van der Waals surface area (Å²) in [4.78, 5) is 0. The lowest BCUT2D eigenvalue weighted by atomic mass is 9.34. The molecule has 59 heavy (non-hydrogen) atoms. The molecule has 0 spiro atoms. The molecule has 0 N–H and O–H groups in total. The van der Waals surface area contributed by atoms with E-state index in [4.69, 9.17) is 16.3 Å². The molecule has 9 aromatic carbocycles. The molecule has 2 aliphatic heterocycles.